The maximum absolute atomic E-state index is 13.9. The number of H-pyrrole nitrogens is 1. The number of likely N-dealkylation sites (tertiary alicyclic amines) is 1. The molecule has 6 heterocycles. The monoisotopic (exact) mass is 530 g/mol. The van der Waals surface area contributed by atoms with Crippen molar-refractivity contribution in [3.8, 4) is 5.82 Å². The molecule has 2 N–H and O–H groups in total. The molecule has 12 heteroatoms. The minimum absolute atomic E-state index is 0.111. The lowest BCUT2D eigenvalue weighted by Gasteiger charge is -2.48. The zero-order valence-electron chi connectivity index (χ0n) is 22.0. The average molecular weight is 531 g/mol. The number of nitrogens with zero attached hydrogens (tertiary/aromatic N) is 8. The molecule has 1 atom stereocenters. The minimum Gasteiger partial charge on any atom is -0.341 e. The van der Waals surface area contributed by atoms with Crippen molar-refractivity contribution in [3.63, 3.8) is 0 Å². The molecule has 1 amide bonds. The number of halogens is 1. The molecule has 202 valence electrons. The molecule has 0 radical (unpaired) electrons. The van der Waals surface area contributed by atoms with Crippen LogP contribution >= 0.6 is 0 Å². The number of hydrogen-bond donors (Lipinski definition) is 2. The topological polar surface area (TPSA) is 121 Å². The number of hydrogen-bond acceptors (Lipinski definition) is 8. The number of aryl methyl sites for hydroxylation is 1. The van der Waals surface area contributed by atoms with Gasteiger partial charge in [0.25, 0.3) is 0 Å². The molecule has 0 aromatic carbocycles. The molecule has 0 unspecified atom stereocenters. The predicted octanol–water partition coefficient (Wildman–Crippen LogP) is 3.94. The number of carbonyl (C=O) groups excluding carboxylic acids is 1. The zero-order chi connectivity index (χ0) is 27.0. The molecule has 0 aliphatic carbocycles. The Hall–Kier alpha value is -4.35. The number of carbonyl (C=O) groups is 1. The third-order valence-electron chi connectivity index (χ3n) is 7.88. The smallest absolute Gasteiger partial charge is 0.229 e. The molecule has 2 fully saturated rings. The Morgan fingerprint density at radius 2 is 1.95 bits per heavy atom. The Balaban J connectivity index is 1.13. The molecule has 39 heavy (non-hydrogen) atoms. The van der Waals surface area contributed by atoms with Crippen LogP contribution in [-0.2, 0) is 4.79 Å². The van der Waals surface area contributed by atoms with Gasteiger partial charge in [0.1, 0.15) is 11.6 Å². The van der Waals surface area contributed by atoms with E-state index in [1.54, 1.807) is 18.5 Å². The van der Waals surface area contributed by atoms with E-state index in [1.807, 2.05) is 36.9 Å². The summed E-state index contributed by atoms with van der Waals surface area (Å²) >= 11 is 0. The summed E-state index contributed by atoms with van der Waals surface area (Å²) in [4.78, 5) is 31.9. The van der Waals surface area contributed by atoms with Gasteiger partial charge in [-0.3, -0.25) is 9.89 Å². The van der Waals surface area contributed by atoms with Crippen molar-refractivity contribution in [2.24, 2.45) is 5.41 Å². The number of aromatic amines is 1. The van der Waals surface area contributed by atoms with Crippen LogP contribution in [0.15, 0.2) is 49.1 Å². The quantitative estimate of drug-likeness (QED) is 0.385. The molecule has 4 aromatic rings. The van der Waals surface area contributed by atoms with Gasteiger partial charge in [0.15, 0.2) is 11.6 Å². The number of rotatable bonds is 6. The fourth-order valence-corrected chi connectivity index (χ4v) is 5.68. The van der Waals surface area contributed by atoms with Crippen LogP contribution < -0.4 is 10.2 Å². The van der Waals surface area contributed by atoms with Crippen LogP contribution in [0.2, 0.25) is 0 Å². The summed E-state index contributed by atoms with van der Waals surface area (Å²) in [7, 11) is 0. The van der Waals surface area contributed by atoms with Crippen molar-refractivity contribution >= 4 is 23.5 Å². The SMILES string of the molecule is Cc1cc(Nc2ccn[nH]2)nc(N2CCC3(CCCN([C@@H](C)c4ccc(-n5cc(F)cn5)nc4)C3=O)CC2)n1. The largest absolute Gasteiger partial charge is 0.341 e. The van der Waals surface area contributed by atoms with Gasteiger partial charge in [-0.1, -0.05) is 6.07 Å². The Bertz CT molecular complexity index is 1440. The van der Waals surface area contributed by atoms with Crippen molar-refractivity contribution in [2.45, 2.75) is 45.6 Å². The first kappa shape index (κ1) is 25.0. The van der Waals surface area contributed by atoms with Gasteiger partial charge in [-0.05, 0) is 51.2 Å². The van der Waals surface area contributed by atoms with Gasteiger partial charge < -0.3 is 15.1 Å². The van der Waals surface area contributed by atoms with Crippen molar-refractivity contribution in [1.82, 2.24) is 39.8 Å². The predicted molar refractivity (Wildman–Crippen MR) is 143 cm³/mol. The van der Waals surface area contributed by atoms with Crippen LogP contribution in [-0.4, -0.2) is 65.4 Å². The highest BCUT2D eigenvalue weighted by atomic mass is 19.1. The highest BCUT2D eigenvalue weighted by molar-refractivity contribution is 5.84. The third kappa shape index (κ3) is 4.93. The summed E-state index contributed by atoms with van der Waals surface area (Å²) in [6.45, 7) is 6.16. The maximum atomic E-state index is 13.9. The maximum Gasteiger partial charge on any atom is 0.229 e. The molecule has 0 bridgehead atoms. The van der Waals surface area contributed by atoms with E-state index in [0.29, 0.717) is 17.6 Å². The number of piperidine rings is 2. The van der Waals surface area contributed by atoms with Crippen LogP contribution in [0.4, 0.5) is 22.0 Å². The van der Waals surface area contributed by atoms with Gasteiger partial charge in [-0.25, -0.2) is 19.0 Å². The van der Waals surface area contributed by atoms with Crippen LogP contribution in [0.1, 0.15) is 49.9 Å². The van der Waals surface area contributed by atoms with Gasteiger partial charge in [-0.15, -0.1) is 0 Å². The highest BCUT2D eigenvalue weighted by Gasteiger charge is 2.47. The average Bonchev–Trinajstić information content (AvgIpc) is 3.62. The Labute approximate surface area is 225 Å². The molecule has 2 aliphatic heterocycles. The Kier molecular flexibility index (Phi) is 6.45. The number of aromatic nitrogens is 7. The highest BCUT2D eigenvalue weighted by Crippen LogP contribution is 2.43. The van der Waals surface area contributed by atoms with E-state index in [4.69, 9.17) is 4.98 Å². The Morgan fingerprint density at radius 3 is 2.64 bits per heavy atom. The van der Waals surface area contributed by atoms with E-state index < -0.39 is 5.82 Å². The number of nitrogens with one attached hydrogen (secondary N) is 2. The zero-order valence-corrected chi connectivity index (χ0v) is 22.0. The van der Waals surface area contributed by atoms with Gasteiger partial charge in [0, 0.05) is 43.7 Å². The van der Waals surface area contributed by atoms with Crippen molar-refractivity contribution in [1.29, 1.82) is 0 Å². The molecule has 6 rings (SSSR count). The van der Waals surface area contributed by atoms with Crippen molar-refractivity contribution in [2.75, 3.05) is 29.9 Å². The lowest BCUT2D eigenvalue weighted by atomic mass is 9.71. The first-order valence-electron chi connectivity index (χ1n) is 13.2. The van der Waals surface area contributed by atoms with E-state index >= 15 is 0 Å². The summed E-state index contributed by atoms with van der Waals surface area (Å²) < 4.78 is 14.7. The van der Waals surface area contributed by atoms with E-state index in [2.05, 4.69) is 35.5 Å². The molecular formula is C27H31FN10O. The lowest BCUT2D eigenvalue weighted by Crippen LogP contribution is -2.54. The van der Waals surface area contributed by atoms with Gasteiger partial charge in [0.2, 0.25) is 11.9 Å². The number of amides is 1. The fraction of sp³-hybridized carbons (Fsp3) is 0.407. The lowest BCUT2D eigenvalue weighted by molar-refractivity contribution is -0.150. The molecule has 1 spiro atoms. The summed E-state index contributed by atoms with van der Waals surface area (Å²) in [5, 5.41) is 14.1. The molecule has 2 aliphatic rings. The van der Waals surface area contributed by atoms with Gasteiger partial charge >= 0.3 is 0 Å². The summed E-state index contributed by atoms with van der Waals surface area (Å²) in [5.74, 6) is 2.47. The minimum atomic E-state index is -0.412. The van der Waals surface area contributed by atoms with Gasteiger partial charge in [0.05, 0.1) is 30.0 Å². The standard InChI is InChI=1S/C27H31FN10O/c1-18-14-23(33-22-6-10-30-35-22)34-26(32-18)36-12-8-27(9-13-36)7-3-11-37(25(27)39)19(2)20-4-5-24(29-15-20)38-17-21(28)16-31-38/h4-6,10,14-17,19H,3,7-9,11-13H2,1-2H3,(H2,30,32,33,34,35)/t19-/m0/s1. The van der Waals surface area contributed by atoms with Crippen molar-refractivity contribution < 1.29 is 9.18 Å². The molecule has 2 saturated heterocycles. The van der Waals surface area contributed by atoms with E-state index in [0.717, 1.165) is 68.6 Å². The normalized spacial score (nSPS) is 18.0. The molecule has 0 saturated carbocycles. The van der Waals surface area contributed by atoms with Gasteiger partial charge in [-0.2, -0.15) is 15.2 Å². The fourth-order valence-electron chi connectivity index (χ4n) is 5.68. The number of anilines is 3. The second-order valence-corrected chi connectivity index (χ2v) is 10.4. The van der Waals surface area contributed by atoms with E-state index in [-0.39, 0.29) is 17.4 Å². The van der Waals surface area contributed by atoms with Crippen LogP contribution in [0.5, 0.6) is 0 Å². The Morgan fingerprint density at radius 1 is 1.10 bits per heavy atom. The third-order valence-corrected chi connectivity index (χ3v) is 7.88. The molecule has 11 nitrogen and oxygen atoms in total. The first-order chi connectivity index (χ1) is 18.9. The van der Waals surface area contributed by atoms with E-state index in [1.165, 1.54) is 10.9 Å². The number of pyridine rings is 1. The van der Waals surface area contributed by atoms with Crippen molar-refractivity contribution in [3.05, 3.63) is 66.1 Å². The van der Waals surface area contributed by atoms with Crippen LogP contribution in [0, 0.1) is 18.2 Å². The summed E-state index contributed by atoms with van der Waals surface area (Å²) in [6, 6.07) is 7.37. The second kappa shape index (κ2) is 10.1. The molecule has 4 aromatic heterocycles. The van der Waals surface area contributed by atoms with E-state index in [9.17, 15) is 9.18 Å². The molecular weight excluding hydrogens is 499 g/mol. The summed E-state index contributed by atoms with van der Waals surface area (Å²) in [6.07, 6.45) is 9.25. The summed E-state index contributed by atoms with van der Waals surface area (Å²) in [5.41, 5.74) is 1.44. The first-order valence-corrected chi connectivity index (χ1v) is 13.2. The van der Waals surface area contributed by atoms with Crippen LogP contribution in [0.25, 0.3) is 5.82 Å². The van der Waals surface area contributed by atoms with Crippen LogP contribution in [0.3, 0.4) is 0 Å². The second-order valence-electron chi connectivity index (χ2n) is 10.4.